The van der Waals surface area contributed by atoms with Crippen molar-refractivity contribution in [3.63, 3.8) is 0 Å². The van der Waals surface area contributed by atoms with Crippen LogP contribution in [0.15, 0.2) is 54.6 Å². The van der Waals surface area contributed by atoms with Crippen LogP contribution in [0.1, 0.15) is 75.7 Å². The summed E-state index contributed by atoms with van der Waals surface area (Å²) in [6, 6.07) is 17.7. The minimum absolute atomic E-state index is 0.0137. The van der Waals surface area contributed by atoms with Gasteiger partial charge in [0.05, 0.1) is 27.4 Å². The van der Waals surface area contributed by atoms with E-state index in [2.05, 4.69) is 45.1 Å². The zero-order valence-electron chi connectivity index (χ0n) is 33.0. The number of nitrogens with zero attached hydrogens (tertiary/aromatic N) is 7. The molecule has 306 valence electrons. The van der Waals surface area contributed by atoms with Gasteiger partial charge in [0.25, 0.3) is 17.7 Å². The number of anilines is 3. The molecule has 3 aromatic carbocycles. The number of imide groups is 2. The largest absolute Gasteiger partial charge is 0.371 e. The number of fused-ring (bicyclic) bond motifs is 1. The van der Waals surface area contributed by atoms with Crippen LogP contribution in [0.5, 0.6) is 0 Å². The molecular weight excluding hydrogens is 775 g/mol. The Balaban J connectivity index is 0.730. The maximum Gasteiger partial charge on any atom is 0.262 e. The molecule has 0 saturated carbocycles. The van der Waals surface area contributed by atoms with Gasteiger partial charge in [0.1, 0.15) is 17.9 Å². The van der Waals surface area contributed by atoms with Gasteiger partial charge in [-0.15, -0.1) is 0 Å². The van der Waals surface area contributed by atoms with Crippen molar-refractivity contribution in [3.8, 4) is 6.07 Å². The lowest BCUT2D eigenvalue weighted by Gasteiger charge is -2.45. The minimum atomic E-state index is -1.10. The van der Waals surface area contributed by atoms with Gasteiger partial charge in [0, 0.05) is 101 Å². The van der Waals surface area contributed by atoms with E-state index >= 15 is 4.39 Å². The van der Waals surface area contributed by atoms with Gasteiger partial charge in [-0.1, -0.05) is 11.6 Å². The number of nitrogens with one attached hydrogen (secondary N) is 1. The van der Waals surface area contributed by atoms with Gasteiger partial charge in [-0.05, 0) is 92.6 Å². The summed E-state index contributed by atoms with van der Waals surface area (Å²) in [5, 5.41) is 11.9. The number of amides is 5. The van der Waals surface area contributed by atoms with E-state index in [9.17, 15) is 29.2 Å². The molecule has 6 aliphatic heterocycles. The Morgan fingerprint density at radius 1 is 0.898 bits per heavy atom. The van der Waals surface area contributed by atoms with Crippen molar-refractivity contribution in [1.82, 2.24) is 20.0 Å². The van der Waals surface area contributed by atoms with Crippen molar-refractivity contribution in [2.24, 2.45) is 11.3 Å². The Kier molecular flexibility index (Phi) is 10.1. The number of piperidine rings is 2. The summed E-state index contributed by atoms with van der Waals surface area (Å²) in [5.74, 6) is -2.84. The molecule has 3 aromatic rings. The molecule has 1 unspecified atom stereocenters. The molecule has 6 aliphatic rings. The standard InChI is InChI=1S/C44H46ClFN8O5/c1-27-21-44(26-53(27)32-7-4-30(22-47)35(45)18-32)10-12-50(13-11-44)31-5-2-29(3-6-31)41(57)51-16-14-49(15-17-51)23-28-24-52(25-28)38-20-34-33(19-36(38)46)42(58)54(43(34)59)37-8-9-39(55)48-40(37)56/h2-7,18-20,27-28,37H,8-17,21,23-26H2,1H3,(H,48,55,56)/t27-,37?/m0/s1. The Hall–Kier alpha value is -5.52. The van der Waals surface area contributed by atoms with Crippen LogP contribution in [0.4, 0.5) is 21.5 Å². The second-order valence-corrected chi connectivity index (χ2v) is 17.6. The van der Waals surface area contributed by atoms with Crippen molar-refractivity contribution >= 4 is 58.2 Å². The van der Waals surface area contributed by atoms with Crippen LogP contribution in [-0.4, -0.2) is 122 Å². The first-order chi connectivity index (χ1) is 28.4. The molecule has 6 heterocycles. The third-order valence-corrected chi connectivity index (χ3v) is 13.8. The highest BCUT2D eigenvalue weighted by Crippen LogP contribution is 2.46. The number of hydrogen-bond donors (Lipinski definition) is 1. The zero-order valence-corrected chi connectivity index (χ0v) is 33.7. The normalized spacial score (nSPS) is 23.5. The summed E-state index contributed by atoms with van der Waals surface area (Å²) in [6.07, 6.45) is 3.35. The van der Waals surface area contributed by atoms with Crippen molar-refractivity contribution in [2.75, 3.05) is 80.1 Å². The number of carbonyl (C=O) groups excluding carboxylic acids is 5. The van der Waals surface area contributed by atoms with Gasteiger partial charge in [-0.3, -0.25) is 39.1 Å². The van der Waals surface area contributed by atoms with Crippen LogP contribution in [0.3, 0.4) is 0 Å². The molecule has 1 spiro atoms. The molecule has 0 aliphatic carbocycles. The first-order valence-electron chi connectivity index (χ1n) is 20.5. The summed E-state index contributed by atoms with van der Waals surface area (Å²) in [6.45, 7) is 9.85. The van der Waals surface area contributed by atoms with Crippen LogP contribution in [0, 0.1) is 28.5 Å². The molecule has 0 radical (unpaired) electrons. The molecule has 5 fully saturated rings. The van der Waals surface area contributed by atoms with E-state index in [-0.39, 0.29) is 46.9 Å². The molecule has 9 rings (SSSR count). The minimum Gasteiger partial charge on any atom is -0.371 e. The molecular formula is C44H46ClFN8O5. The number of piperazine rings is 1. The number of rotatable bonds is 7. The quantitative estimate of drug-likeness (QED) is 0.339. The summed E-state index contributed by atoms with van der Waals surface area (Å²) in [4.78, 5) is 75.7. The van der Waals surface area contributed by atoms with E-state index in [1.807, 2.05) is 34.1 Å². The monoisotopic (exact) mass is 820 g/mol. The van der Waals surface area contributed by atoms with Crippen LogP contribution >= 0.6 is 11.6 Å². The zero-order chi connectivity index (χ0) is 41.2. The van der Waals surface area contributed by atoms with Crippen LogP contribution in [0.2, 0.25) is 5.02 Å². The highest BCUT2D eigenvalue weighted by molar-refractivity contribution is 6.32. The smallest absolute Gasteiger partial charge is 0.262 e. The molecule has 1 N–H and O–H groups in total. The average Bonchev–Trinajstić information content (AvgIpc) is 3.66. The molecule has 0 bridgehead atoms. The molecule has 13 nitrogen and oxygen atoms in total. The summed E-state index contributed by atoms with van der Waals surface area (Å²) >= 11 is 6.37. The predicted molar refractivity (Wildman–Crippen MR) is 219 cm³/mol. The molecule has 5 saturated heterocycles. The lowest BCUT2D eigenvalue weighted by molar-refractivity contribution is -0.136. The van der Waals surface area contributed by atoms with Crippen LogP contribution < -0.4 is 20.0 Å². The van der Waals surface area contributed by atoms with Crippen LogP contribution in [0.25, 0.3) is 0 Å². The SMILES string of the molecule is C[C@H]1CC2(CCN(c3ccc(C(=O)N4CCN(CC5CN(c6cc7c(cc6F)C(=O)N(C6CCC(=O)NC6=O)C7=O)C5)CC4)cc3)CC2)CN1c1ccc(C#N)c(Cl)c1. The van der Waals surface area contributed by atoms with Crippen molar-refractivity contribution in [1.29, 1.82) is 5.26 Å². The van der Waals surface area contributed by atoms with Gasteiger partial charge in [-0.25, -0.2) is 4.39 Å². The Labute approximate surface area is 347 Å². The summed E-state index contributed by atoms with van der Waals surface area (Å²) < 4.78 is 15.3. The molecule has 5 amide bonds. The highest BCUT2D eigenvalue weighted by atomic mass is 35.5. The highest BCUT2D eigenvalue weighted by Gasteiger charge is 2.47. The molecule has 59 heavy (non-hydrogen) atoms. The Morgan fingerprint density at radius 2 is 1.58 bits per heavy atom. The van der Waals surface area contributed by atoms with Gasteiger partial charge in [-0.2, -0.15) is 5.26 Å². The third kappa shape index (κ3) is 7.18. The first-order valence-corrected chi connectivity index (χ1v) is 20.9. The number of nitriles is 1. The number of hydrogen-bond acceptors (Lipinski definition) is 10. The maximum absolute atomic E-state index is 15.3. The predicted octanol–water partition coefficient (Wildman–Crippen LogP) is 4.53. The fraction of sp³-hybridized carbons (Fsp3) is 0.455. The molecule has 15 heteroatoms. The number of halogens is 2. The van der Waals surface area contributed by atoms with E-state index in [1.165, 1.54) is 6.07 Å². The Bertz CT molecular complexity index is 2280. The molecule has 2 atom stereocenters. The van der Waals surface area contributed by atoms with Crippen molar-refractivity contribution in [3.05, 3.63) is 87.7 Å². The van der Waals surface area contributed by atoms with Gasteiger partial charge >= 0.3 is 0 Å². The van der Waals surface area contributed by atoms with Crippen molar-refractivity contribution < 1.29 is 28.4 Å². The van der Waals surface area contributed by atoms with E-state index in [0.717, 1.165) is 80.9 Å². The second-order valence-electron chi connectivity index (χ2n) is 17.2. The van der Waals surface area contributed by atoms with E-state index in [0.29, 0.717) is 48.4 Å². The Morgan fingerprint density at radius 3 is 2.24 bits per heavy atom. The average molecular weight is 821 g/mol. The van der Waals surface area contributed by atoms with E-state index < -0.39 is 35.5 Å². The van der Waals surface area contributed by atoms with Gasteiger partial charge in [0.2, 0.25) is 11.8 Å². The lowest BCUT2D eigenvalue weighted by Crippen LogP contribution is -2.55. The fourth-order valence-corrected chi connectivity index (χ4v) is 10.4. The summed E-state index contributed by atoms with van der Waals surface area (Å²) in [5.41, 5.74) is 3.86. The van der Waals surface area contributed by atoms with E-state index in [1.54, 1.807) is 6.07 Å². The number of carbonyl (C=O) groups is 5. The topological polar surface area (TPSA) is 141 Å². The lowest BCUT2D eigenvalue weighted by atomic mass is 9.76. The second kappa shape index (κ2) is 15.3. The summed E-state index contributed by atoms with van der Waals surface area (Å²) in [7, 11) is 0. The fourth-order valence-electron chi connectivity index (χ4n) is 10.1. The van der Waals surface area contributed by atoms with E-state index in [4.69, 9.17) is 11.6 Å². The van der Waals surface area contributed by atoms with Crippen molar-refractivity contribution in [2.45, 2.75) is 51.1 Å². The van der Waals surface area contributed by atoms with Crippen LogP contribution in [-0.2, 0) is 9.59 Å². The van der Waals surface area contributed by atoms with Gasteiger partial charge in [0.15, 0.2) is 0 Å². The van der Waals surface area contributed by atoms with Gasteiger partial charge < -0.3 is 19.6 Å². The number of benzene rings is 3. The maximum atomic E-state index is 15.3. The third-order valence-electron chi connectivity index (χ3n) is 13.5. The first kappa shape index (κ1) is 39.0. The molecule has 0 aromatic heterocycles.